The fourth-order valence-electron chi connectivity index (χ4n) is 5.02. The zero-order valence-electron chi connectivity index (χ0n) is 16.8. The van der Waals surface area contributed by atoms with Crippen molar-refractivity contribution in [3.05, 3.63) is 45.7 Å². The number of carbonyl (C=O) groups is 2. The molecule has 1 unspecified atom stereocenters. The van der Waals surface area contributed by atoms with Gasteiger partial charge in [0.15, 0.2) is 5.78 Å². The Bertz CT molecular complexity index is 1150. The van der Waals surface area contributed by atoms with Gasteiger partial charge in [-0.1, -0.05) is 13.0 Å². The maximum atomic E-state index is 12.7. The van der Waals surface area contributed by atoms with Crippen molar-refractivity contribution in [1.82, 2.24) is 4.72 Å². The lowest BCUT2D eigenvalue weighted by molar-refractivity contribution is 0.0948. The summed E-state index contributed by atoms with van der Waals surface area (Å²) < 4.78 is 33.0. The Hall–Kier alpha value is -2.61. The lowest BCUT2D eigenvalue weighted by atomic mass is 9.89. The molecular weight excluding hydrogens is 404 g/mol. The van der Waals surface area contributed by atoms with Crippen molar-refractivity contribution in [1.29, 1.82) is 0 Å². The van der Waals surface area contributed by atoms with Crippen LogP contribution in [-0.2, 0) is 42.1 Å². The molecule has 0 aliphatic heterocycles. The Kier molecular flexibility index (Phi) is 4.50. The summed E-state index contributed by atoms with van der Waals surface area (Å²) in [7, 11) is -4.22. The SMILES string of the molecule is CC1CC(=O)c2cc(S(=O)(=O)NC(=O)Nc3c4c(cc5c3CCC5)CCC4)oc2C1. The zero-order chi connectivity index (χ0) is 21.0. The Morgan fingerprint density at radius 2 is 1.70 bits per heavy atom. The number of urea groups is 1. The third-order valence-electron chi connectivity index (χ3n) is 6.36. The van der Waals surface area contributed by atoms with E-state index in [4.69, 9.17) is 4.42 Å². The second-order valence-corrected chi connectivity index (χ2v) is 10.2. The van der Waals surface area contributed by atoms with E-state index in [-0.39, 0.29) is 11.7 Å². The third-order valence-corrected chi connectivity index (χ3v) is 7.54. The van der Waals surface area contributed by atoms with Gasteiger partial charge >= 0.3 is 6.03 Å². The molecule has 158 valence electrons. The number of nitrogens with one attached hydrogen (secondary N) is 2. The fraction of sp³-hybridized carbons (Fsp3) is 0.455. The van der Waals surface area contributed by atoms with Crippen LogP contribution in [0.1, 0.15) is 64.6 Å². The lowest BCUT2D eigenvalue weighted by Crippen LogP contribution is -2.34. The van der Waals surface area contributed by atoms with Crippen LogP contribution in [0.3, 0.4) is 0 Å². The average molecular weight is 429 g/mol. The highest BCUT2D eigenvalue weighted by molar-refractivity contribution is 7.89. The van der Waals surface area contributed by atoms with Crippen molar-refractivity contribution in [2.24, 2.45) is 5.92 Å². The van der Waals surface area contributed by atoms with E-state index >= 15 is 0 Å². The maximum absolute atomic E-state index is 12.7. The number of sulfonamides is 1. The predicted molar refractivity (Wildman–Crippen MR) is 110 cm³/mol. The number of Topliss-reactive ketones (excluding diaryl/α,β-unsaturated/α-hetero) is 1. The molecular formula is C22H24N2O5S. The summed E-state index contributed by atoms with van der Waals surface area (Å²) in [6, 6.07) is 2.67. The van der Waals surface area contributed by atoms with Crippen LogP contribution in [0.2, 0.25) is 0 Å². The number of amides is 2. The predicted octanol–water partition coefficient (Wildman–Crippen LogP) is 3.53. The third kappa shape index (κ3) is 3.23. The molecule has 5 rings (SSSR count). The maximum Gasteiger partial charge on any atom is 0.333 e. The van der Waals surface area contributed by atoms with Gasteiger partial charge in [-0.2, -0.15) is 8.42 Å². The van der Waals surface area contributed by atoms with E-state index in [9.17, 15) is 18.0 Å². The van der Waals surface area contributed by atoms with Crippen LogP contribution in [-0.4, -0.2) is 20.2 Å². The van der Waals surface area contributed by atoms with Gasteiger partial charge in [-0.25, -0.2) is 9.52 Å². The van der Waals surface area contributed by atoms with Gasteiger partial charge < -0.3 is 9.73 Å². The number of carbonyl (C=O) groups excluding carboxylic acids is 2. The van der Waals surface area contributed by atoms with Crippen LogP contribution < -0.4 is 10.0 Å². The van der Waals surface area contributed by atoms with E-state index in [1.807, 2.05) is 6.92 Å². The number of benzene rings is 1. The van der Waals surface area contributed by atoms with Crippen molar-refractivity contribution >= 4 is 27.5 Å². The lowest BCUT2D eigenvalue weighted by Gasteiger charge is -2.16. The van der Waals surface area contributed by atoms with E-state index in [0.717, 1.165) is 55.3 Å². The van der Waals surface area contributed by atoms with Crippen LogP contribution in [0, 0.1) is 5.92 Å². The minimum absolute atomic E-state index is 0.102. The Labute approximate surface area is 175 Å². The molecule has 30 heavy (non-hydrogen) atoms. The molecule has 0 spiro atoms. The number of ketones is 1. The first-order chi connectivity index (χ1) is 14.3. The highest BCUT2D eigenvalue weighted by atomic mass is 32.2. The quantitative estimate of drug-likeness (QED) is 0.778. The largest absolute Gasteiger partial charge is 0.447 e. The molecule has 0 saturated heterocycles. The highest BCUT2D eigenvalue weighted by Gasteiger charge is 2.32. The Morgan fingerprint density at radius 1 is 1.03 bits per heavy atom. The molecule has 3 aliphatic carbocycles. The molecule has 1 aromatic heterocycles. The van der Waals surface area contributed by atoms with Gasteiger partial charge in [0.1, 0.15) is 5.76 Å². The van der Waals surface area contributed by atoms with E-state index in [2.05, 4.69) is 16.1 Å². The summed E-state index contributed by atoms with van der Waals surface area (Å²) in [6.45, 7) is 1.92. The minimum atomic E-state index is -4.22. The van der Waals surface area contributed by atoms with Gasteiger partial charge in [-0.3, -0.25) is 4.79 Å². The summed E-state index contributed by atoms with van der Waals surface area (Å²) in [5, 5.41) is 2.41. The summed E-state index contributed by atoms with van der Waals surface area (Å²) in [6.07, 6.45) is 6.69. The molecule has 7 nitrogen and oxygen atoms in total. The molecule has 0 radical (unpaired) electrons. The second-order valence-electron chi connectivity index (χ2n) is 8.63. The molecule has 1 heterocycles. The molecule has 0 saturated carbocycles. The topological polar surface area (TPSA) is 105 Å². The molecule has 2 N–H and O–H groups in total. The van der Waals surface area contributed by atoms with Gasteiger partial charge in [0.25, 0.3) is 10.0 Å². The number of furan rings is 1. The normalized spacial score (nSPS) is 19.9. The number of hydrogen-bond donors (Lipinski definition) is 2. The molecule has 2 amide bonds. The molecule has 2 aromatic rings. The smallest absolute Gasteiger partial charge is 0.333 e. The van der Waals surface area contributed by atoms with Crippen LogP contribution in [0.5, 0.6) is 0 Å². The van der Waals surface area contributed by atoms with Crippen LogP contribution in [0.25, 0.3) is 0 Å². The van der Waals surface area contributed by atoms with Crippen molar-refractivity contribution in [3.63, 3.8) is 0 Å². The zero-order valence-corrected chi connectivity index (χ0v) is 17.7. The summed E-state index contributed by atoms with van der Waals surface area (Å²) in [5.74, 6) is 0.345. The van der Waals surface area contributed by atoms with Crippen LogP contribution >= 0.6 is 0 Å². The van der Waals surface area contributed by atoms with Crippen LogP contribution in [0.15, 0.2) is 21.6 Å². The summed E-state index contributed by atoms with van der Waals surface area (Å²) in [4.78, 5) is 24.8. The second kappa shape index (κ2) is 6.97. The van der Waals surface area contributed by atoms with E-state index < -0.39 is 21.1 Å². The summed E-state index contributed by atoms with van der Waals surface area (Å²) in [5.41, 5.74) is 5.81. The molecule has 1 aromatic carbocycles. The first kappa shape index (κ1) is 19.4. The monoisotopic (exact) mass is 428 g/mol. The minimum Gasteiger partial charge on any atom is -0.447 e. The molecule has 8 heteroatoms. The van der Waals surface area contributed by atoms with Crippen molar-refractivity contribution < 1.29 is 22.4 Å². The number of fused-ring (bicyclic) bond motifs is 3. The Morgan fingerprint density at radius 3 is 2.37 bits per heavy atom. The number of hydrogen-bond acceptors (Lipinski definition) is 5. The first-order valence-corrected chi connectivity index (χ1v) is 12.0. The van der Waals surface area contributed by atoms with Gasteiger partial charge in [0.05, 0.1) is 5.56 Å². The highest BCUT2D eigenvalue weighted by Crippen LogP contribution is 2.38. The molecule has 1 atom stereocenters. The number of aryl methyl sites for hydroxylation is 2. The standard InChI is InChI=1S/C22H24N2O5S/c1-12-8-18(25)17-11-20(29-19(17)9-12)30(27,28)24-22(26)23-21-15-6-2-4-13(15)10-14-5-3-7-16(14)21/h10-12H,2-9H2,1H3,(H2,23,24,26). The Balaban J connectivity index is 1.39. The van der Waals surface area contributed by atoms with Crippen molar-refractivity contribution in [2.45, 2.75) is 63.4 Å². The van der Waals surface area contributed by atoms with Crippen LogP contribution in [0.4, 0.5) is 10.5 Å². The molecule has 0 fully saturated rings. The van der Waals surface area contributed by atoms with Gasteiger partial charge in [-0.15, -0.1) is 0 Å². The average Bonchev–Trinajstić information content (AvgIpc) is 3.39. The van der Waals surface area contributed by atoms with Gasteiger partial charge in [0, 0.05) is 24.6 Å². The number of rotatable bonds is 3. The van der Waals surface area contributed by atoms with E-state index in [1.165, 1.54) is 17.2 Å². The summed E-state index contributed by atoms with van der Waals surface area (Å²) >= 11 is 0. The number of anilines is 1. The van der Waals surface area contributed by atoms with Gasteiger partial charge in [-0.05, 0) is 66.7 Å². The molecule has 0 bridgehead atoms. The van der Waals surface area contributed by atoms with Crippen molar-refractivity contribution in [3.8, 4) is 0 Å². The van der Waals surface area contributed by atoms with E-state index in [1.54, 1.807) is 0 Å². The van der Waals surface area contributed by atoms with Crippen molar-refractivity contribution in [2.75, 3.05) is 5.32 Å². The first-order valence-electron chi connectivity index (χ1n) is 10.5. The molecule has 3 aliphatic rings. The van der Waals surface area contributed by atoms with Gasteiger partial charge in [0.2, 0.25) is 5.09 Å². The van der Waals surface area contributed by atoms with E-state index in [0.29, 0.717) is 24.2 Å². The fourth-order valence-corrected chi connectivity index (χ4v) is 5.90.